The molecule has 0 unspecified atom stereocenters. The van der Waals surface area contributed by atoms with E-state index in [1.54, 1.807) is 12.1 Å². The Morgan fingerprint density at radius 3 is 2.58 bits per heavy atom. The van der Waals surface area contributed by atoms with E-state index >= 15 is 0 Å². The van der Waals surface area contributed by atoms with Crippen LogP contribution in [0.5, 0.6) is 0 Å². The molecule has 0 saturated heterocycles. The van der Waals surface area contributed by atoms with Crippen LogP contribution in [-0.2, 0) is 0 Å². The highest BCUT2D eigenvalue weighted by Gasteiger charge is 2.23. The Balaban J connectivity index is 2.21. The summed E-state index contributed by atoms with van der Waals surface area (Å²) >= 11 is 0. The lowest BCUT2D eigenvalue weighted by Gasteiger charge is -2.35. The molecule has 0 heterocycles. The molecule has 3 heteroatoms. The van der Waals surface area contributed by atoms with Crippen LogP contribution >= 0.6 is 0 Å². The average Bonchev–Trinajstić information content (AvgIpc) is 2.46. The highest BCUT2D eigenvalue weighted by molar-refractivity contribution is 5.78. The summed E-state index contributed by atoms with van der Waals surface area (Å²) in [6.45, 7) is 2.30. The molecular formula is C16H20N2O. The van der Waals surface area contributed by atoms with E-state index in [9.17, 15) is 10.1 Å². The van der Waals surface area contributed by atoms with Crippen LogP contribution in [0.3, 0.4) is 0 Å². The predicted octanol–water partition coefficient (Wildman–Crippen LogP) is 3.39. The number of hydrogen-bond donors (Lipinski definition) is 0. The van der Waals surface area contributed by atoms with Crippen LogP contribution in [0.2, 0.25) is 0 Å². The van der Waals surface area contributed by atoms with E-state index < -0.39 is 0 Å². The summed E-state index contributed by atoms with van der Waals surface area (Å²) < 4.78 is 0. The van der Waals surface area contributed by atoms with Crippen LogP contribution in [-0.4, -0.2) is 19.4 Å². The lowest BCUT2D eigenvalue weighted by molar-refractivity contribution is 0.112. The van der Waals surface area contributed by atoms with E-state index in [4.69, 9.17) is 0 Å². The molecule has 1 aliphatic rings. The van der Waals surface area contributed by atoms with E-state index in [1.807, 2.05) is 6.07 Å². The second-order valence-electron chi connectivity index (χ2n) is 5.53. The van der Waals surface area contributed by atoms with Gasteiger partial charge < -0.3 is 4.90 Å². The van der Waals surface area contributed by atoms with Gasteiger partial charge in [-0.15, -0.1) is 0 Å². The predicted molar refractivity (Wildman–Crippen MR) is 76.4 cm³/mol. The molecule has 0 radical (unpaired) electrons. The molecule has 0 N–H and O–H groups in total. The van der Waals surface area contributed by atoms with Crippen molar-refractivity contribution >= 4 is 12.0 Å². The number of aldehydes is 1. The molecule has 0 atom stereocenters. The van der Waals surface area contributed by atoms with Crippen molar-refractivity contribution in [2.24, 2.45) is 5.92 Å². The first-order chi connectivity index (χ1) is 9.15. The Morgan fingerprint density at radius 2 is 2.00 bits per heavy atom. The number of nitrogens with zero attached hydrogens (tertiary/aromatic N) is 2. The lowest BCUT2D eigenvalue weighted by Crippen LogP contribution is -2.35. The van der Waals surface area contributed by atoms with Crippen molar-refractivity contribution in [3.8, 4) is 6.07 Å². The fraction of sp³-hybridized carbons (Fsp3) is 0.500. The molecule has 1 aromatic rings. The Bertz CT molecular complexity index is 496. The third-order valence-electron chi connectivity index (χ3n) is 4.19. The molecule has 19 heavy (non-hydrogen) atoms. The molecule has 1 saturated carbocycles. The highest BCUT2D eigenvalue weighted by atomic mass is 16.1. The van der Waals surface area contributed by atoms with Gasteiger partial charge in [0, 0.05) is 18.7 Å². The second-order valence-corrected chi connectivity index (χ2v) is 5.53. The first kappa shape index (κ1) is 13.6. The van der Waals surface area contributed by atoms with Gasteiger partial charge in [0.05, 0.1) is 11.3 Å². The normalized spacial score (nSPS) is 22.6. The molecule has 100 valence electrons. The van der Waals surface area contributed by atoms with Gasteiger partial charge in [-0.1, -0.05) is 6.92 Å². The van der Waals surface area contributed by atoms with Gasteiger partial charge in [-0.25, -0.2) is 0 Å². The van der Waals surface area contributed by atoms with Crippen molar-refractivity contribution in [2.75, 3.05) is 11.9 Å². The summed E-state index contributed by atoms with van der Waals surface area (Å²) in [5.41, 5.74) is 2.09. The largest absolute Gasteiger partial charge is 0.371 e. The number of carbonyl (C=O) groups is 1. The highest BCUT2D eigenvalue weighted by Crippen LogP contribution is 2.30. The van der Waals surface area contributed by atoms with Gasteiger partial charge >= 0.3 is 0 Å². The summed E-state index contributed by atoms with van der Waals surface area (Å²) in [7, 11) is 2.05. The fourth-order valence-electron chi connectivity index (χ4n) is 2.85. The number of benzene rings is 1. The van der Waals surface area contributed by atoms with Crippen molar-refractivity contribution in [3.63, 3.8) is 0 Å². The Kier molecular flexibility index (Phi) is 4.21. The quantitative estimate of drug-likeness (QED) is 0.779. The van der Waals surface area contributed by atoms with Gasteiger partial charge in [-0.3, -0.25) is 4.79 Å². The minimum atomic E-state index is 0.505. The maximum atomic E-state index is 10.8. The zero-order valence-corrected chi connectivity index (χ0v) is 11.6. The van der Waals surface area contributed by atoms with Crippen LogP contribution in [0.1, 0.15) is 48.5 Å². The molecule has 3 nitrogen and oxygen atoms in total. The monoisotopic (exact) mass is 256 g/mol. The number of rotatable bonds is 3. The van der Waals surface area contributed by atoms with Crippen molar-refractivity contribution in [3.05, 3.63) is 29.3 Å². The van der Waals surface area contributed by atoms with E-state index in [0.29, 0.717) is 17.2 Å². The molecule has 2 rings (SSSR count). The summed E-state index contributed by atoms with van der Waals surface area (Å²) in [5, 5.41) is 9.24. The second kappa shape index (κ2) is 5.88. The van der Waals surface area contributed by atoms with Crippen LogP contribution < -0.4 is 4.90 Å². The molecule has 0 bridgehead atoms. The van der Waals surface area contributed by atoms with Crippen LogP contribution in [0.4, 0.5) is 5.69 Å². The number of carbonyl (C=O) groups excluding carboxylic acids is 1. The third-order valence-corrected chi connectivity index (χ3v) is 4.19. The maximum Gasteiger partial charge on any atom is 0.150 e. The van der Waals surface area contributed by atoms with Crippen molar-refractivity contribution in [1.82, 2.24) is 0 Å². The molecule has 0 aromatic heterocycles. The fourth-order valence-corrected chi connectivity index (χ4v) is 2.85. The minimum Gasteiger partial charge on any atom is -0.371 e. The minimum absolute atomic E-state index is 0.505. The Hall–Kier alpha value is -1.82. The van der Waals surface area contributed by atoms with E-state index in [-0.39, 0.29) is 0 Å². The Labute approximate surface area is 114 Å². The first-order valence-corrected chi connectivity index (χ1v) is 6.88. The van der Waals surface area contributed by atoms with E-state index in [0.717, 1.165) is 17.9 Å². The van der Waals surface area contributed by atoms with Gasteiger partial charge in [0.25, 0.3) is 0 Å². The molecule has 0 aliphatic heterocycles. The average molecular weight is 256 g/mol. The molecule has 1 aliphatic carbocycles. The lowest BCUT2D eigenvalue weighted by atomic mass is 9.86. The van der Waals surface area contributed by atoms with Crippen LogP contribution in [0, 0.1) is 17.2 Å². The number of nitriles is 1. The summed E-state index contributed by atoms with van der Waals surface area (Å²) in [5.74, 6) is 0.817. The maximum absolute atomic E-state index is 10.8. The summed E-state index contributed by atoms with van der Waals surface area (Å²) in [6.07, 6.45) is 5.65. The van der Waals surface area contributed by atoms with Crippen LogP contribution in [0.25, 0.3) is 0 Å². The SMILES string of the molecule is CC1CCC(N(C)c2ccc(C=O)cc2C#N)CC1. The van der Waals surface area contributed by atoms with E-state index in [2.05, 4.69) is 24.9 Å². The van der Waals surface area contributed by atoms with Gasteiger partial charge in [-0.05, 0) is 49.8 Å². The number of anilines is 1. The zero-order chi connectivity index (χ0) is 13.8. The van der Waals surface area contributed by atoms with Crippen molar-refractivity contribution in [1.29, 1.82) is 5.26 Å². The molecule has 0 amide bonds. The van der Waals surface area contributed by atoms with Gasteiger partial charge in [0.2, 0.25) is 0 Å². The van der Waals surface area contributed by atoms with Gasteiger partial charge in [-0.2, -0.15) is 5.26 Å². The van der Waals surface area contributed by atoms with E-state index in [1.165, 1.54) is 25.7 Å². The molecular weight excluding hydrogens is 236 g/mol. The zero-order valence-electron chi connectivity index (χ0n) is 11.6. The van der Waals surface area contributed by atoms with Gasteiger partial charge in [0.1, 0.15) is 12.4 Å². The van der Waals surface area contributed by atoms with Crippen molar-refractivity contribution < 1.29 is 4.79 Å². The molecule has 0 spiro atoms. The standard InChI is InChI=1S/C16H20N2O/c1-12-3-6-15(7-4-12)18(2)16-8-5-13(11-19)9-14(16)10-17/h5,8-9,11-12,15H,3-4,6-7H2,1-2H3. The van der Waals surface area contributed by atoms with Crippen LogP contribution in [0.15, 0.2) is 18.2 Å². The third kappa shape index (κ3) is 2.96. The molecule has 1 aromatic carbocycles. The topological polar surface area (TPSA) is 44.1 Å². The summed E-state index contributed by atoms with van der Waals surface area (Å²) in [6, 6.07) is 8.05. The number of hydrogen-bond acceptors (Lipinski definition) is 3. The first-order valence-electron chi connectivity index (χ1n) is 6.88. The van der Waals surface area contributed by atoms with Crippen molar-refractivity contribution in [2.45, 2.75) is 38.6 Å². The Morgan fingerprint density at radius 1 is 1.32 bits per heavy atom. The molecule has 1 fully saturated rings. The van der Waals surface area contributed by atoms with Gasteiger partial charge in [0.15, 0.2) is 0 Å². The summed E-state index contributed by atoms with van der Waals surface area (Å²) in [4.78, 5) is 13.0. The smallest absolute Gasteiger partial charge is 0.150 e.